The van der Waals surface area contributed by atoms with Gasteiger partial charge in [-0.05, 0) is 69.9 Å². The van der Waals surface area contributed by atoms with Crippen LogP contribution in [-0.4, -0.2) is 15.0 Å². The number of aromatic nitrogens is 3. The van der Waals surface area contributed by atoms with Gasteiger partial charge in [-0.2, -0.15) is 0 Å². The number of furan rings is 1. The van der Waals surface area contributed by atoms with Crippen molar-refractivity contribution in [1.29, 1.82) is 0 Å². The van der Waals surface area contributed by atoms with E-state index in [1.807, 2.05) is 133 Å². The molecule has 0 saturated carbocycles. The first-order chi connectivity index (χ1) is 26.1. The number of fused-ring (bicyclic) bond motifs is 5. The summed E-state index contributed by atoms with van der Waals surface area (Å²) in [6, 6.07) is 41.4. The van der Waals surface area contributed by atoms with Crippen molar-refractivity contribution in [1.82, 2.24) is 15.0 Å². The Morgan fingerprint density at radius 2 is 1.33 bits per heavy atom. The molecule has 0 spiro atoms. The predicted molar refractivity (Wildman–Crippen MR) is 211 cm³/mol. The van der Waals surface area contributed by atoms with Crippen molar-refractivity contribution in [3.8, 4) is 33.6 Å². The first-order valence-corrected chi connectivity index (χ1v) is 17.2. The largest absolute Gasteiger partial charge is 0.498 e. The Bertz CT molecular complexity index is 2630. The molecular formula is C47H43IrN3O-2. The minimum absolute atomic E-state index is 0. The SMILES string of the molecule is [2H]C([2H])(c1ccc(-c2ccnc(-c3[c-]cccc3)c2)cc1)C(C)(C)C.[2H]C([2H])(c1ccnc(-c2[c-]ccc3c2oc2c3ccc3cccnc32)c1)C(C)(C)C.[Ir]. The van der Waals surface area contributed by atoms with Crippen LogP contribution >= 0.6 is 0 Å². The molecule has 4 heterocycles. The van der Waals surface area contributed by atoms with E-state index in [-0.39, 0.29) is 20.1 Å². The zero-order chi connectivity index (χ0) is 39.2. The summed E-state index contributed by atoms with van der Waals surface area (Å²) in [5.41, 5.74) is 7.85. The van der Waals surface area contributed by atoms with E-state index in [0.29, 0.717) is 22.4 Å². The molecule has 4 aromatic heterocycles. The summed E-state index contributed by atoms with van der Waals surface area (Å²) < 4.78 is 40.3. The van der Waals surface area contributed by atoms with Crippen LogP contribution in [0, 0.1) is 23.0 Å². The fraction of sp³-hybridized carbons (Fsp3) is 0.213. The molecule has 0 aliphatic heterocycles. The van der Waals surface area contributed by atoms with E-state index in [9.17, 15) is 0 Å². The first-order valence-electron chi connectivity index (χ1n) is 19.2. The second-order valence-corrected chi connectivity index (χ2v) is 14.7. The number of hydrogen-bond donors (Lipinski definition) is 0. The van der Waals surface area contributed by atoms with Crippen LogP contribution in [0.5, 0.6) is 0 Å². The minimum atomic E-state index is -1.51. The number of hydrogen-bond acceptors (Lipinski definition) is 4. The standard InChI is InChI=1S/C25H21N2O.C22H22N.Ir/c1-25(2,3)15-16-11-13-26-21(14-16)20-8-4-7-18-19-10-9-17-6-5-12-27-22(17)24(19)28-23(18)20;1-22(2,3)16-17-9-11-18(12-10-17)20-13-14-23-21(15-20)19-7-5-4-6-8-19;/h4-7,9-14H,15H2,1-3H3;4-7,9-15H,16H2,1-3H3;/q2*-1;/i15D2;16D2;. The molecule has 1 radical (unpaired) electrons. The maximum atomic E-state index is 8.62. The molecule has 4 nitrogen and oxygen atoms in total. The molecule has 263 valence electrons. The first kappa shape index (κ1) is 31.7. The van der Waals surface area contributed by atoms with Gasteiger partial charge < -0.3 is 14.4 Å². The molecule has 52 heavy (non-hydrogen) atoms. The molecule has 0 aliphatic rings. The second-order valence-electron chi connectivity index (χ2n) is 14.7. The van der Waals surface area contributed by atoms with Gasteiger partial charge in [0.1, 0.15) is 11.1 Å². The van der Waals surface area contributed by atoms with Gasteiger partial charge in [0.15, 0.2) is 0 Å². The molecule has 0 atom stereocenters. The fourth-order valence-electron chi connectivity index (χ4n) is 6.10. The van der Waals surface area contributed by atoms with E-state index in [1.54, 1.807) is 30.7 Å². The molecule has 0 unspecified atom stereocenters. The number of benzene rings is 4. The Labute approximate surface area is 326 Å². The zero-order valence-corrected chi connectivity index (χ0v) is 32.6. The van der Waals surface area contributed by atoms with Crippen LogP contribution in [0.15, 0.2) is 132 Å². The third-order valence-corrected chi connectivity index (χ3v) is 8.19. The van der Waals surface area contributed by atoms with Gasteiger partial charge in [-0.1, -0.05) is 113 Å². The topological polar surface area (TPSA) is 51.8 Å². The second kappa shape index (κ2) is 15.3. The molecule has 0 saturated heterocycles. The molecule has 0 amide bonds. The van der Waals surface area contributed by atoms with Crippen LogP contribution in [-0.2, 0) is 32.9 Å². The van der Waals surface area contributed by atoms with Crippen molar-refractivity contribution in [2.24, 2.45) is 10.8 Å². The van der Waals surface area contributed by atoms with E-state index in [0.717, 1.165) is 55.2 Å². The van der Waals surface area contributed by atoms with E-state index in [4.69, 9.17) is 9.90 Å². The van der Waals surface area contributed by atoms with Gasteiger partial charge >= 0.3 is 0 Å². The van der Waals surface area contributed by atoms with Crippen molar-refractivity contribution < 1.29 is 30.0 Å². The Balaban J connectivity index is 0.000000190. The smallest absolute Gasteiger partial charge is 0.147 e. The van der Waals surface area contributed by atoms with Crippen molar-refractivity contribution in [2.75, 3.05) is 0 Å². The fourth-order valence-corrected chi connectivity index (χ4v) is 6.10. The maximum Gasteiger partial charge on any atom is 0.147 e. The summed E-state index contributed by atoms with van der Waals surface area (Å²) in [6.07, 6.45) is 2.33. The number of rotatable bonds is 5. The summed E-state index contributed by atoms with van der Waals surface area (Å²) in [5.74, 6) is 0. The molecule has 0 fully saturated rings. The van der Waals surface area contributed by atoms with Gasteiger partial charge in [-0.15, -0.1) is 54.1 Å². The summed E-state index contributed by atoms with van der Waals surface area (Å²) in [4.78, 5) is 13.5. The van der Waals surface area contributed by atoms with E-state index < -0.39 is 23.6 Å². The normalized spacial score (nSPS) is 13.3. The Morgan fingerprint density at radius 1 is 0.596 bits per heavy atom. The van der Waals surface area contributed by atoms with E-state index >= 15 is 0 Å². The average Bonchev–Trinajstić information content (AvgIpc) is 3.57. The number of nitrogens with zero attached hydrogens (tertiary/aromatic N) is 3. The van der Waals surface area contributed by atoms with Crippen LogP contribution < -0.4 is 0 Å². The predicted octanol–water partition coefficient (Wildman–Crippen LogP) is 12.4. The van der Waals surface area contributed by atoms with E-state index in [1.165, 1.54) is 0 Å². The summed E-state index contributed by atoms with van der Waals surface area (Å²) in [7, 11) is 0. The van der Waals surface area contributed by atoms with Crippen LogP contribution in [0.25, 0.3) is 66.5 Å². The number of pyridine rings is 3. The van der Waals surface area contributed by atoms with Crippen molar-refractivity contribution in [3.63, 3.8) is 0 Å². The van der Waals surface area contributed by atoms with Crippen molar-refractivity contribution in [2.45, 2.75) is 54.3 Å². The van der Waals surface area contributed by atoms with Crippen LogP contribution in [0.3, 0.4) is 0 Å². The van der Waals surface area contributed by atoms with Crippen LogP contribution in [0.4, 0.5) is 0 Å². The van der Waals surface area contributed by atoms with Crippen molar-refractivity contribution in [3.05, 3.63) is 151 Å². The van der Waals surface area contributed by atoms with Crippen LogP contribution in [0.2, 0.25) is 0 Å². The molecule has 5 heteroatoms. The van der Waals surface area contributed by atoms with E-state index in [2.05, 4.69) is 33.2 Å². The molecule has 0 N–H and O–H groups in total. The third kappa shape index (κ3) is 8.56. The third-order valence-electron chi connectivity index (χ3n) is 8.19. The molecular weight excluding hydrogens is 815 g/mol. The molecule has 0 bridgehead atoms. The summed E-state index contributed by atoms with van der Waals surface area (Å²) >= 11 is 0. The van der Waals surface area contributed by atoms with Crippen LogP contribution in [0.1, 0.15) is 58.2 Å². The van der Waals surface area contributed by atoms with Gasteiger partial charge in [-0.3, -0.25) is 4.98 Å². The van der Waals surface area contributed by atoms with Crippen molar-refractivity contribution >= 4 is 32.8 Å². The van der Waals surface area contributed by atoms with Gasteiger partial charge in [0, 0.05) is 55.0 Å². The zero-order valence-electron chi connectivity index (χ0n) is 34.2. The van der Waals surface area contributed by atoms with Gasteiger partial charge in [-0.25, -0.2) is 0 Å². The molecule has 0 aliphatic carbocycles. The summed E-state index contributed by atoms with van der Waals surface area (Å²) in [5, 5.41) is 2.98. The molecule has 8 rings (SSSR count). The Hall–Kier alpha value is -4.96. The average molecular weight is 862 g/mol. The molecule has 4 aromatic carbocycles. The van der Waals surface area contributed by atoms with Gasteiger partial charge in [0.05, 0.1) is 5.58 Å². The quantitative estimate of drug-likeness (QED) is 0.162. The maximum absolute atomic E-state index is 8.62. The summed E-state index contributed by atoms with van der Waals surface area (Å²) in [6.45, 7) is 11.5. The Morgan fingerprint density at radius 3 is 2.08 bits per heavy atom. The van der Waals surface area contributed by atoms with Gasteiger partial charge in [0.2, 0.25) is 0 Å². The Kier molecular flexibility index (Phi) is 9.36. The minimum Gasteiger partial charge on any atom is -0.498 e. The molecule has 8 aromatic rings. The van der Waals surface area contributed by atoms with Gasteiger partial charge in [0.25, 0.3) is 0 Å². The monoisotopic (exact) mass is 862 g/mol.